The van der Waals surface area contributed by atoms with Crippen molar-refractivity contribution in [1.29, 1.82) is 0 Å². The van der Waals surface area contributed by atoms with Crippen LogP contribution in [-0.4, -0.2) is 50.8 Å². The van der Waals surface area contributed by atoms with Crippen LogP contribution in [0.3, 0.4) is 0 Å². The van der Waals surface area contributed by atoms with Crippen LogP contribution in [0.4, 0.5) is 0 Å². The monoisotopic (exact) mass is 226 g/mol. The molecular formula is C13H26N2O. The summed E-state index contributed by atoms with van der Waals surface area (Å²) in [6.45, 7) is 11.2. The average molecular weight is 226 g/mol. The average Bonchev–Trinajstić information content (AvgIpc) is 2.34. The lowest BCUT2D eigenvalue weighted by Crippen LogP contribution is -2.40. The SMILES string of the molecule is C=CCCCCCNCCN1CCOCC1. The molecule has 0 amide bonds. The van der Waals surface area contributed by atoms with E-state index in [1.807, 2.05) is 6.08 Å². The Morgan fingerprint density at radius 2 is 1.94 bits per heavy atom. The van der Waals surface area contributed by atoms with Gasteiger partial charge in [0.05, 0.1) is 13.2 Å². The number of allylic oxidation sites excluding steroid dienone is 1. The maximum absolute atomic E-state index is 5.31. The van der Waals surface area contributed by atoms with Crippen molar-refractivity contribution in [1.82, 2.24) is 10.2 Å². The van der Waals surface area contributed by atoms with E-state index in [2.05, 4.69) is 16.8 Å². The van der Waals surface area contributed by atoms with Crippen molar-refractivity contribution < 1.29 is 4.74 Å². The van der Waals surface area contributed by atoms with Crippen LogP contribution in [0, 0.1) is 0 Å². The first-order chi connectivity index (χ1) is 7.93. The van der Waals surface area contributed by atoms with Gasteiger partial charge in [-0.1, -0.05) is 12.5 Å². The van der Waals surface area contributed by atoms with Crippen LogP contribution in [0.15, 0.2) is 12.7 Å². The number of nitrogens with one attached hydrogen (secondary N) is 1. The second kappa shape index (κ2) is 9.82. The topological polar surface area (TPSA) is 24.5 Å². The molecule has 0 spiro atoms. The predicted molar refractivity (Wildman–Crippen MR) is 68.8 cm³/mol. The van der Waals surface area contributed by atoms with Gasteiger partial charge < -0.3 is 10.1 Å². The second-order valence-corrected chi connectivity index (χ2v) is 4.34. The third-order valence-corrected chi connectivity index (χ3v) is 2.97. The Morgan fingerprint density at radius 3 is 2.69 bits per heavy atom. The Hall–Kier alpha value is -0.380. The third kappa shape index (κ3) is 6.99. The molecule has 0 aromatic rings. The predicted octanol–water partition coefficient (Wildman–Crippen LogP) is 1.65. The summed E-state index contributed by atoms with van der Waals surface area (Å²) in [5.74, 6) is 0. The molecule has 16 heavy (non-hydrogen) atoms. The molecule has 0 aromatic carbocycles. The molecular weight excluding hydrogens is 200 g/mol. The lowest BCUT2D eigenvalue weighted by atomic mass is 10.2. The molecule has 1 N–H and O–H groups in total. The Balaban J connectivity index is 1.78. The van der Waals surface area contributed by atoms with E-state index in [4.69, 9.17) is 4.74 Å². The number of hydrogen-bond donors (Lipinski definition) is 1. The van der Waals surface area contributed by atoms with Crippen molar-refractivity contribution in [2.24, 2.45) is 0 Å². The van der Waals surface area contributed by atoms with E-state index in [-0.39, 0.29) is 0 Å². The number of hydrogen-bond acceptors (Lipinski definition) is 3. The molecule has 0 atom stereocenters. The first kappa shape index (κ1) is 13.7. The van der Waals surface area contributed by atoms with Crippen LogP contribution >= 0.6 is 0 Å². The molecule has 0 bridgehead atoms. The van der Waals surface area contributed by atoms with Gasteiger partial charge >= 0.3 is 0 Å². The highest BCUT2D eigenvalue weighted by atomic mass is 16.5. The molecule has 3 heteroatoms. The lowest BCUT2D eigenvalue weighted by Gasteiger charge is -2.26. The van der Waals surface area contributed by atoms with Gasteiger partial charge in [-0.2, -0.15) is 0 Å². The maximum Gasteiger partial charge on any atom is 0.0594 e. The highest BCUT2D eigenvalue weighted by Gasteiger charge is 2.08. The molecule has 1 fully saturated rings. The summed E-state index contributed by atoms with van der Waals surface area (Å²) in [7, 11) is 0. The van der Waals surface area contributed by atoms with E-state index in [0.717, 1.165) is 52.4 Å². The van der Waals surface area contributed by atoms with E-state index >= 15 is 0 Å². The number of rotatable bonds is 9. The van der Waals surface area contributed by atoms with Crippen LogP contribution in [0.1, 0.15) is 25.7 Å². The zero-order valence-corrected chi connectivity index (χ0v) is 10.4. The summed E-state index contributed by atoms with van der Waals surface area (Å²) in [5.41, 5.74) is 0. The van der Waals surface area contributed by atoms with Gasteiger partial charge in [-0.15, -0.1) is 6.58 Å². The molecule has 0 aliphatic carbocycles. The van der Waals surface area contributed by atoms with Gasteiger partial charge in [0.25, 0.3) is 0 Å². The van der Waals surface area contributed by atoms with Crippen LogP contribution in [-0.2, 0) is 4.74 Å². The maximum atomic E-state index is 5.31. The minimum atomic E-state index is 0.904. The van der Waals surface area contributed by atoms with Crippen LogP contribution in [0.5, 0.6) is 0 Å². The number of nitrogens with zero attached hydrogens (tertiary/aromatic N) is 1. The molecule has 1 aliphatic rings. The zero-order valence-electron chi connectivity index (χ0n) is 10.4. The first-order valence-electron chi connectivity index (χ1n) is 6.55. The van der Waals surface area contributed by atoms with Crippen molar-refractivity contribution in [2.45, 2.75) is 25.7 Å². The fourth-order valence-electron chi connectivity index (χ4n) is 1.90. The summed E-state index contributed by atoms with van der Waals surface area (Å²) in [6.07, 6.45) is 7.06. The molecule has 94 valence electrons. The van der Waals surface area contributed by atoms with E-state index in [1.54, 1.807) is 0 Å². The van der Waals surface area contributed by atoms with Gasteiger partial charge in [0, 0.05) is 26.2 Å². The van der Waals surface area contributed by atoms with Gasteiger partial charge in [0.1, 0.15) is 0 Å². The summed E-state index contributed by atoms with van der Waals surface area (Å²) in [5, 5.41) is 3.50. The first-order valence-corrected chi connectivity index (χ1v) is 6.55. The van der Waals surface area contributed by atoms with E-state index in [9.17, 15) is 0 Å². The highest BCUT2D eigenvalue weighted by molar-refractivity contribution is 4.66. The molecule has 1 rings (SSSR count). The van der Waals surface area contributed by atoms with Crippen molar-refractivity contribution in [3.63, 3.8) is 0 Å². The van der Waals surface area contributed by atoms with E-state index < -0.39 is 0 Å². The number of unbranched alkanes of at least 4 members (excludes halogenated alkanes) is 3. The van der Waals surface area contributed by atoms with E-state index in [1.165, 1.54) is 19.3 Å². The normalized spacial score (nSPS) is 17.5. The minimum Gasteiger partial charge on any atom is -0.379 e. The fourth-order valence-corrected chi connectivity index (χ4v) is 1.90. The van der Waals surface area contributed by atoms with Crippen LogP contribution < -0.4 is 5.32 Å². The van der Waals surface area contributed by atoms with Crippen molar-refractivity contribution in [3.8, 4) is 0 Å². The fraction of sp³-hybridized carbons (Fsp3) is 0.846. The Morgan fingerprint density at radius 1 is 1.12 bits per heavy atom. The molecule has 1 heterocycles. The number of morpholine rings is 1. The van der Waals surface area contributed by atoms with Gasteiger partial charge in [-0.3, -0.25) is 4.90 Å². The second-order valence-electron chi connectivity index (χ2n) is 4.34. The molecule has 1 saturated heterocycles. The largest absolute Gasteiger partial charge is 0.379 e. The van der Waals surface area contributed by atoms with E-state index in [0.29, 0.717) is 0 Å². The van der Waals surface area contributed by atoms with Crippen LogP contribution in [0.2, 0.25) is 0 Å². The summed E-state index contributed by atoms with van der Waals surface area (Å²) in [6, 6.07) is 0. The highest BCUT2D eigenvalue weighted by Crippen LogP contribution is 1.99. The molecule has 0 saturated carbocycles. The summed E-state index contributed by atoms with van der Waals surface area (Å²) >= 11 is 0. The third-order valence-electron chi connectivity index (χ3n) is 2.97. The molecule has 0 unspecified atom stereocenters. The van der Waals surface area contributed by atoms with Gasteiger partial charge in [-0.05, 0) is 25.8 Å². The lowest BCUT2D eigenvalue weighted by molar-refractivity contribution is 0.0384. The Kier molecular flexibility index (Phi) is 8.40. The Labute approximate surface area is 99.8 Å². The van der Waals surface area contributed by atoms with Gasteiger partial charge in [0.15, 0.2) is 0 Å². The van der Waals surface area contributed by atoms with Gasteiger partial charge in [0.2, 0.25) is 0 Å². The summed E-state index contributed by atoms with van der Waals surface area (Å²) in [4.78, 5) is 2.47. The minimum absolute atomic E-state index is 0.904. The Bertz CT molecular complexity index is 167. The standard InChI is InChI=1S/C13H26N2O/c1-2-3-4-5-6-7-14-8-9-15-10-12-16-13-11-15/h2,14H,1,3-13H2. The molecule has 0 radical (unpaired) electrons. The van der Waals surface area contributed by atoms with Crippen molar-refractivity contribution in [2.75, 3.05) is 45.9 Å². The summed E-state index contributed by atoms with van der Waals surface area (Å²) < 4.78 is 5.31. The van der Waals surface area contributed by atoms with Crippen molar-refractivity contribution in [3.05, 3.63) is 12.7 Å². The molecule has 3 nitrogen and oxygen atoms in total. The van der Waals surface area contributed by atoms with Gasteiger partial charge in [-0.25, -0.2) is 0 Å². The smallest absolute Gasteiger partial charge is 0.0594 e. The quantitative estimate of drug-likeness (QED) is 0.478. The van der Waals surface area contributed by atoms with Crippen LogP contribution in [0.25, 0.3) is 0 Å². The molecule has 1 aliphatic heterocycles. The number of ether oxygens (including phenoxy) is 1. The zero-order chi connectivity index (χ0) is 11.5. The molecule has 0 aromatic heterocycles. The van der Waals surface area contributed by atoms with Crippen molar-refractivity contribution >= 4 is 0 Å².